The number of ether oxygens (including phenoxy) is 5. The van der Waals surface area contributed by atoms with Gasteiger partial charge in [-0.15, -0.1) is 0 Å². The fourth-order valence-electron chi connectivity index (χ4n) is 5.97. The van der Waals surface area contributed by atoms with Crippen LogP contribution < -0.4 is 0 Å². The maximum atomic E-state index is 11.9. The van der Waals surface area contributed by atoms with Gasteiger partial charge < -0.3 is 0 Å². The molecule has 48 heavy (non-hydrogen) atoms. The molecule has 254 valence electrons. The molecule has 2 heterocycles. The van der Waals surface area contributed by atoms with Crippen LogP contribution in [0.5, 0.6) is 0 Å². The number of rotatable bonds is 15. The van der Waals surface area contributed by atoms with Gasteiger partial charge in [-0.2, -0.15) is 0 Å². The zero-order valence-corrected chi connectivity index (χ0v) is 29.0. The van der Waals surface area contributed by atoms with Crippen LogP contribution in [-0.2, 0) is 58.1 Å². The van der Waals surface area contributed by atoms with Gasteiger partial charge in [-0.3, -0.25) is 0 Å². The van der Waals surface area contributed by atoms with Gasteiger partial charge in [-0.05, 0) is 0 Å². The van der Waals surface area contributed by atoms with Crippen molar-refractivity contribution in [3.63, 3.8) is 0 Å². The Balaban J connectivity index is 1.26. The van der Waals surface area contributed by atoms with Crippen molar-refractivity contribution in [3.05, 3.63) is 144 Å². The van der Waals surface area contributed by atoms with Crippen molar-refractivity contribution in [2.45, 2.75) is 66.0 Å². The summed E-state index contributed by atoms with van der Waals surface area (Å²) >= 11 is -1.72. The molecule has 0 bridgehead atoms. The topological polar surface area (TPSA) is 110 Å². The van der Waals surface area contributed by atoms with E-state index in [0.717, 1.165) is 27.6 Å². The molecule has 2 saturated heterocycles. The van der Waals surface area contributed by atoms with Gasteiger partial charge in [0.05, 0.1) is 0 Å². The Bertz CT molecular complexity index is 1630. The molecular formula is C37H41O9SSe+. The van der Waals surface area contributed by atoms with Crippen molar-refractivity contribution in [1.82, 2.24) is 0 Å². The molecule has 4 aromatic carbocycles. The van der Waals surface area contributed by atoms with Crippen LogP contribution in [0.3, 0.4) is 0 Å². The minimum atomic E-state index is -4.75. The molecule has 6 rings (SSSR count). The van der Waals surface area contributed by atoms with E-state index >= 15 is 0 Å². The summed E-state index contributed by atoms with van der Waals surface area (Å²) in [5.74, 6) is 0. The third kappa shape index (κ3) is 10.1. The SMILES string of the molecule is O=S(=O)(O)OC1COC(c2ccccc2)OC1C[Se+]1CC(OCc2ccccc2)C(OCc2ccccc2)C1COCc1ccccc1. The van der Waals surface area contributed by atoms with E-state index < -0.39 is 42.8 Å². The van der Waals surface area contributed by atoms with Gasteiger partial charge in [0.2, 0.25) is 0 Å². The molecule has 11 heteroatoms. The zero-order chi connectivity index (χ0) is 33.2. The first-order chi connectivity index (χ1) is 23.4. The van der Waals surface area contributed by atoms with Crippen molar-refractivity contribution < 1.29 is 40.8 Å². The van der Waals surface area contributed by atoms with Gasteiger partial charge in [-0.1, -0.05) is 0 Å². The van der Waals surface area contributed by atoms with E-state index in [2.05, 4.69) is 0 Å². The van der Waals surface area contributed by atoms with Crippen LogP contribution in [0, 0.1) is 0 Å². The minimum absolute atomic E-state index is 0.00574. The molecule has 2 aliphatic heterocycles. The first-order valence-electron chi connectivity index (χ1n) is 16.0. The van der Waals surface area contributed by atoms with E-state index in [9.17, 15) is 13.0 Å². The Labute approximate surface area is 286 Å². The molecule has 2 fully saturated rings. The van der Waals surface area contributed by atoms with Crippen LogP contribution in [0.1, 0.15) is 28.5 Å². The van der Waals surface area contributed by atoms with Gasteiger partial charge in [0, 0.05) is 0 Å². The summed E-state index contributed by atoms with van der Waals surface area (Å²) in [6, 6.07) is 39.6. The summed E-state index contributed by atoms with van der Waals surface area (Å²) in [7, 11) is -4.75. The fourth-order valence-corrected chi connectivity index (χ4v) is 12.7. The summed E-state index contributed by atoms with van der Waals surface area (Å²) < 4.78 is 70.6. The van der Waals surface area contributed by atoms with Crippen molar-refractivity contribution in [3.8, 4) is 0 Å². The summed E-state index contributed by atoms with van der Waals surface area (Å²) in [5, 5.41) is 1.28. The fraction of sp³-hybridized carbons (Fsp3) is 0.351. The van der Waals surface area contributed by atoms with E-state index in [1.54, 1.807) is 0 Å². The van der Waals surface area contributed by atoms with Crippen molar-refractivity contribution >= 4 is 24.3 Å². The molecule has 0 saturated carbocycles. The average molecular weight is 741 g/mol. The number of benzene rings is 4. The van der Waals surface area contributed by atoms with Crippen molar-refractivity contribution in [1.29, 1.82) is 0 Å². The van der Waals surface area contributed by atoms with Crippen LogP contribution in [0.2, 0.25) is 15.5 Å². The Kier molecular flexibility index (Phi) is 12.5. The summed E-state index contributed by atoms with van der Waals surface area (Å²) in [4.78, 5) is 0.00574. The van der Waals surface area contributed by atoms with Crippen LogP contribution >= 0.6 is 0 Å². The second kappa shape index (κ2) is 17.1. The monoisotopic (exact) mass is 741 g/mol. The molecule has 7 atom stereocenters. The normalized spacial score (nSPS) is 26.0. The quantitative estimate of drug-likeness (QED) is 0.107. The van der Waals surface area contributed by atoms with Crippen LogP contribution in [0.15, 0.2) is 121 Å². The van der Waals surface area contributed by atoms with E-state index in [0.29, 0.717) is 31.7 Å². The van der Waals surface area contributed by atoms with Gasteiger partial charge in [0.1, 0.15) is 0 Å². The second-order valence-electron chi connectivity index (χ2n) is 11.8. The van der Waals surface area contributed by atoms with Gasteiger partial charge in [0.25, 0.3) is 0 Å². The van der Waals surface area contributed by atoms with Crippen LogP contribution in [0.4, 0.5) is 0 Å². The Morgan fingerprint density at radius 3 is 1.83 bits per heavy atom. The molecule has 0 amide bonds. The first-order valence-corrected chi connectivity index (χ1v) is 20.8. The Morgan fingerprint density at radius 2 is 1.25 bits per heavy atom. The second-order valence-corrected chi connectivity index (χ2v) is 17.8. The molecule has 4 aromatic rings. The van der Waals surface area contributed by atoms with E-state index in [1.807, 2.05) is 121 Å². The predicted octanol–water partition coefficient (Wildman–Crippen LogP) is 6.55. The number of hydrogen-bond donors (Lipinski definition) is 1. The maximum absolute atomic E-state index is 11.9. The molecule has 2 aliphatic rings. The van der Waals surface area contributed by atoms with E-state index in [-0.39, 0.29) is 23.6 Å². The molecule has 9 nitrogen and oxygen atoms in total. The van der Waals surface area contributed by atoms with Crippen molar-refractivity contribution in [2.75, 3.05) is 13.2 Å². The van der Waals surface area contributed by atoms with Crippen LogP contribution in [-0.4, -0.2) is 64.5 Å². The first kappa shape index (κ1) is 34.9. The molecule has 0 aliphatic carbocycles. The summed E-state index contributed by atoms with van der Waals surface area (Å²) in [5.41, 5.74) is 4.02. The van der Waals surface area contributed by atoms with E-state index in [4.69, 9.17) is 27.9 Å². The summed E-state index contributed by atoms with van der Waals surface area (Å²) in [6.07, 6.45) is -2.85. The number of hydrogen-bond acceptors (Lipinski definition) is 8. The average Bonchev–Trinajstić information content (AvgIpc) is 3.43. The standard InChI is InChI=1S/C37H40O9SSe/c38-47(39,40)46-32-24-44-37(31-19-11-4-12-20-31)45-33(32)26-48-27-34(42-22-29-15-7-2-8-16-29)36(43-23-30-17-9-3-10-18-30)35(48)25-41-21-28-13-5-1-6-14-28/h1-20,32-37H,21-27H2/p+1. The molecule has 0 radical (unpaired) electrons. The van der Waals surface area contributed by atoms with Gasteiger partial charge in [-0.25, -0.2) is 0 Å². The molecular weight excluding hydrogens is 699 g/mol. The Hall–Kier alpha value is -2.93. The zero-order valence-electron chi connectivity index (χ0n) is 26.5. The van der Waals surface area contributed by atoms with Gasteiger partial charge >= 0.3 is 288 Å². The van der Waals surface area contributed by atoms with Crippen molar-refractivity contribution in [2.24, 2.45) is 0 Å². The molecule has 0 aromatic heterocycles. The Morgan fingerprint density at radius 1 is 0.708 bits per heavy atom. The predicted molar refractivity (Wildman–Crippen MR) is 182 cm³/mol. The van der Waals surface area contributed by atoms with E-state index in [1.165, 1.54) is 0 Å². The summed E-state index contributed by atoms with van der Waals surface area (Å²) in [6.45, 7) is 1.70. The molecule has 7 unspecified atom stereocenters. The molecule has 0 spiro atoms. The van der Waals surface area contributed by atoms with Crippen LogP contribution in [0.25, 0.3) is 0 Å². The molecule has 1 N–H and O–H groups in total. The third-order valence-corrected chi connectivity index (χ3v) is 14.7. The third-order valence-electron chi connectivity index (χ3n) is 8.35. The van der Waals surface area contributed by atoms with Gasteiger partial charge in [0.15, 0.2) is 0 Å².